The molecule has 11 heavy (non-hydrogen) atoms. The molecule has 1 rings (SSSR count). The van der Waals surface area contributed by atoms with E-state index in [4.69, 9.17) is 0 Å². The SMILES string of the molecule is CCCN[C@@H](C)c1nnn[nH]1. The number of nitrogens with zero attached hydrogens (tertiary/aromatic N) is 3. The van der Waals surface area contributed by atoms with Gasteiger partial charge in [0.25, 0.3) is 0 Å². The highest BCUT2D eigenvalue weighted by atomic mass is 15.5. The summed E-state index contributed by atoms with van der Waals surface area (Å²) in [6.45, 7) is 5.14. The van der Waals surface area contributed by atoms with Gasteiger partial charge in [0.15, 0.2) is 5.82 Å². The third kappa shape index (κ3) is 2.27. The van der Waals surface area contributed by atoms with Gasteiger partial charge in [0.05, 0.1) is 6.04 Å². The van der Waals surface area contributed by atoms with Gasteiger partial charge in [-0.05, 0) is 30.3 Å². The molecule has 0 bridgehead atoms. The minimum absolute atomic E-state index is 0.213. The van der Waals surface area contributed by atoms with Crippen molar-refractivity contribution in [1.29, 1.82) is 0 Å². The third-order valence-electron chi connectivity index (χ3n) is 1.47. The zero-order valence-corrected chi connectivity index (χ0v) is 6.83. The molecule has 1 heterocycles. The van der Waals surface area contributed by atoms with E-state index in [0.717, 1.165) is 18.8 Å². The van der Waals surface area contributed by atoms with Crippen molar-refractivity contribution in [2.75, 3.05) is 6.54 Å². The summed E-state index contributed by atoms with van der Waals surface area (Å²) >= 11 is 0. The smallest absolute Gasteiger partial charge is 0.165 e. The molecule has 0 spiro atoms. The average molecular weight is 155 g/mol. The molecule has 0 saturated carbocycles. The van der Waals surface area contributed by atoms with Crippen LogP contribution in [0, 0.1) is 0 Å². The van der Waals surface area contributed by atoms with Crippen LogP contribution in [0.1, 0.15) is 32.1 Å². The third-order valence-corrected chi connectivity index (χ3v) is 1.47. The largest absolute Gasteiger partial charge is 0.307 e. The first kappa shape index (κ1) is 8.13. The van der Waals surface area contributed by atoms with Gasteiger partial charge in [0, 0.05) is 0 Å². The van der Waals surface area contributed by atoms with Gasteiger partial charge >= 0.3 is 0 Å². The highest BCUT2D eigenvalue weighted by molar-refractivity contribution is 4.85. The summed E-state index contributed by atoms with van der Waals surface area (Å²) in [6.07, 6.45) is 1.12. The number of H-pyrrole nitrogens is 1. The summed E-state index contributed by atoms with van der Waals surface area (Å²) < 4.78 is 0. The fourth-order valence-corrected chi connectivity index (χ4v) is 0.807. The molecule has 2 N–H and O–H groups in total. The molecule has 0 amide bonds. The molecule has 5 nitrogen and oxygen atoms in total. The van der Waals surface area contributed by atoms with Crippen LogP contribution < -0.4 is 5.32 Å². The maximum atomic E-state index is 3.79. The Hall–Kier alpha value is -0.970. The second kappa shape index (κ2) is 4.02. The Kier molecular flexibility index (Phi) is 2.97. The molecule has 0 fully saturated rings. The van der Waals surface area contributed by atoms with Crippen molar-refractivity contribution in [3.05, 3.63) is 5.82 Å². The first-order chi connectivity index (χ1) is 5.34. The van der Waals surface area contributed by atoms with E-state index in [2.05, 4.69) is 32.9 Å². The van der Waals surface area contributed by atoms with E-state index >= 15 is 0 Å². The van der Waals surface area contributed by atoms with Gasteiger partial charge in [-0.15, -0.1) is 5.10 Å². The zero-order valence-electron chi connectivity index (χ0n) is 6.83. The molecule has 62 valence electrons. The van der Waals surface area contributed by atoms with Crippen molar-refractivity contribution in [1.82, 2.24) is 25.9 Å². The molecule has 0 aliphatic carbocycles. The van der Waals surface area contributed by atoms with E-state index in [9.17, 15) is 0 Å². The lowest BCUT2D eigenvalue weighted by molar-refractivity contribution is 0.545. The van der Waals surface area contributed by atoms with Crippen molar-refractivity contribution in [2.45, 2.75) is 26.3 Å². The predicted octanol–water partition coefficient (Wildman–Crippen LogP) is 0.260. The molecule has 5 heteroatoms. The highest BCUT2D eigenvalue weighted by Gasteiger charge is 2.06. The van der Waals surface area contributed by atoms with E-state index in [0.29, 0.717) is 0 Å². The minimum atomic E-state index is 0.213. The Morgan fingerprint density at radius 3 is 3.00 bits per heavy atom. The highest BCUT2D eigenvalue weighted by Crippen LogP contribution is 2.01. The van der Waals surface area contributed by atoms with Gasteiger partial charge in [-0.3, -0.25) is 0 Å². The Labute approximate surface area is 65.6 Å². The first-order valence-electron chi connectivity index (χ1n) is 3.81. The van der Waals surface area contributed by atoms with Crippen LogP contribution in [0.3, 0.4) is 0 Å². The van der Waals surface area contributed by atoms with Crippen LogP contribution in [0.15, 0.2) is 0 Å². The standard InChI is InChI=1S/C6H13N5/c1-3-4-7-5(2)6-8-10-11-9-6/h5,7H,3-4H2,1-2H3,(H,8,9,10,11)/t5-/m0/s1. The average Bonchev–Trinajstić information content (AvgIpc) is 2.52. The summed E-state index contributed by atoms with van der Waals surface area (Å²) in [5.74, 6) is 0.790. The van der Waals surface area contributed by atoms with E-state index in [1.807, 2.05) is 6.92 Å². The second-order valence-corrected chi connectivity index (χ2v) is 2.46. The minimum Gasteiger partial charge on any atom is -0.307 e. The fourth-order valence-electron chi connectivity index (χ4n) is 0.807. The van der Waals surface area contributed by atoms with Crippen molar-refractivity contribution in [3.8, 4) is 0 Å². The molecule has 0 aliphatic heterocycles. The van der Waals surface area contributed by atoms with Crippen molar-refractivity contribution < 1.29 is 0 Å². The summed E-state index contributed by atoms with van der Waals surface area (Å²) in [4.78, 5) is 0. The quantitative estimate of drug-likeness (QED) is 0.654. The zero-order chi connectivity index (χ0) is 8.10. The predicted molar refractivity (Wildman–Crippen MR) is 40.9 cm³/mol. The number of aromatic nitrogens is 4. The van der Waals surface area contributed by atoms with E-state index in [1.54, 1.807) is 0 Å². The van der Waals surface area contributed by atoms with E-state index in [1.165, 1.54) is 0 Å². The normalized spacial score (nSPS) is 13.3. The molecule has 1 aromatic rings. The van der Waals surface area contributed by atoms with Crippen molar-refractivity contribution >= 4 is 0 Å². The van der Waals surface area contributed by atoms with Crippen molar-refractivity contribution in [2.24, 2.45) is 0 Å². The Bertz CT molecular complexity index is 183. The molecule has 0 radical (unpaired) electrons. The Balaban J connectivity index is 2.36. The molecule has 0 aromatic carbocycles. The maximum absolute atomic E-state index is 3.79. The number of hydrogen-bond donors (Lipinski definition) is 2. The molecule has 1 aromatic heterocycles. The van der Waals surface area contributed by atoms with Gasteiger partial charge in [-0.1, -0.05) is 6.92 Å². The molecule has 0 saturated heterocycles. The fraction of sp³-hybridized carbons (Fsp3) is 0.833. The lowest BCUT2D eigenvalue weighted by Crippen LogP contribution is -2.20. The van der Waals surface area contributed by atoms with Gasteiger partial charge < -0.3 is 5.32 Å². The van der Waals surface area contributed by atoms with Crippen LogP contribution in [-0.2, 0) is 0 Å². The summed E-state index contributed by atoms with van der Waals surface area (Å²) in [5.41, 5.74) is 0. The Morgan fingerprint density at radius 2 is 2.45 bits per heavy atom. The Morgan fingerprint density at radius 1 is 1.64 bits per heavy atom. The molecule has 0 unspecified atom stereocenters. The lowest BCUT2D eigenvalue weighted by Gasteiger charge is -2.07. The number of hydrogen-bond acceptors (Lipinski definition) is 4. The van der Waals surface area contributed by atoms with Crippen LogP contribution in [0.5, 0.6) is 0 Å². The van der Waals surface area contributed by atoms with Crippen LogP contribution >= 0.6 is 0 Å². The van der Waals surface area contributed by atoms with Gasteiger partial charge in [-0.2, -0.15) is 0 Å². The summed E-state index contributed by atoms with van der Waals surface area (Å²) in [7, 11) is 0. The molecule has 1 atom stereocenters. The van der Waals surface area contributed by atoms with Crippen LogP contribution in [0.2, 0.25) is 0 Å². The molecular formula is C6H13N5. The maximum Gasteiger partial charge on any atom is 0.165 e. The summed E-state index contributed by atoms with van der Waals surface area (Å²) in [5, 5.41) is 16.7. The van der Waals surface area contributed by atoms with Gasteiger partial charge in [0.1, 0.15) is 0 Å². The van der Waals surface area contributed by atoms with Crippen molar-refractivity contribution in [3.63, 3.8) is 0 Å². The monoisotopic (exact) mass is 155 g/mol. The van der Waals surface area contributed by atoms with Gasteiger partial charge in [-0.25, -0.2) is 5.10 Å². The van der Waals surface area contributed by atoms with E-state index < -0.39 is 0 Å². The van der Waals surface area contributed by atoms with Gasteiger partial charge in [0.2, 0.25) is 0 Å². The molecular weight excluding hydrogens is 142 g/mol. The number of aromatic amines is 1. The number of rotatable bonds is 4. The first-order valence-corrected chi connectivity index (χ1v) is 3.81. The van der Waals surface area contributed by atoms with Crippen LogP contribution in [-0.4, -0.2) is 27.2 Å². The van der Waals surface area contributed by atoms with Crippen LogP contribution in [0.25, 0.3) is 0 Å². The topological polar surface area (TPSA) is 66.5 Å². The van der Waals surface area contributed by atoms with Crippen LogP contribution in [0.4, 0.5) is 0 Å². The molecule has 0 aliphatic rings. The number of nitrogens with one attached hydrogen (secondary N) is 2. The van der Waals surface area contributed by atoms with E-state index in [-0.39, 0.29) is 6.04 Å². The summed E-state index contributed by atoms with van der Waals surface area (Å²) in [6, 6.07) is 0.213. The second-order valence-electron chi connectivity index (χ2n) is 2.46. The number of tetrazole rings is 1. The lowest BCUT2D eigenvalue weighted by atomic mass is 10.3.